The summed E-state index contributed by atoms with van der Waals surface area (Å²) in [6.45, 7) is 0. The van der Waals surface area contributed by atoms with E-state index in [1.54, 1.807) is 22.6 Å². The molecule has 0 saturated carbocycles. The zero-order chi connectivity index (χ0) is 9.30. The molecule has 0 aliphatic rings. The van der Waals surface area contributed by atoms with Gasteiger partial charge in [0, 0.05) is 6.07 Å². The molecular formula is C6H2BrFINO2. The molecule has 0 bridgehead atoms. The molecule has 0 atom stereocenters. The van der Waals surface area contributed by atoms with Crippen molar-refractivity contribution in [2.45, 2.75) is 0 Å². The third-order valence-electron chi connectivity index (χ3n) is 1.21. The van der Waals surface area contributed by atoms with Crippen LogP contribution in [0, 0.1) is 19.5 Å². The maximum Gasteiger partial charge on any atom is 0.284 e. The van der Waals surface area contributed by atoms with Crippen LogP contribution in [0.1, 0.15) is 0 Å². The van der Waals surface area contributed by atoms with Gasteiger partial charge in [-0.15, -0.1) is 0 Å². The van der Waals surface area contributed by atoms with Crippen molar-refractivity contribution in [3.05, 3.63) is 36.1 Å². The van der Waals surface area contributed by atoms with Gasteiger partial charge in [-0.3, -0.25) is 10.1 Å². The second-order valence-electron chi connectivity index (χ2n) is 1.95. The molecule has 6 heteroatoms. The molecule has 1 aromatic carbocycles. The molecule has 1 aromatic rings. The van der Waals surface area contributed by atoms with Gasteiger partial charge in [0.25, 0.3) is 5.69 Å². The lowest BCUT2D eigenvalue weighted by molar-refractivity contribution is -0.385. The van der Waals surface area contributed by atoms with Gasteiger partial charge in [-0.05, 0) is 44.6 Å². The first-order valence-corrected chi connectivity index (χ1v) is 4.69. The molecule has 64 valence electrons. The number of halogens is 3. The van der Waals surface area contributed by atoms with Crippen LogP contribution in [0.15, 0.2) is 16.6 Å². The standard InChI is InChI=1S/C6H2BrFINO2/c7-5-4(10(11)12)2-1-3(8)6(5)9/h1-2H. The summed E-state index contributed by atoms with van der Waals surface area (Å²) >= 11 is 4.64. The Balaban J connectivity index is 3.36. The van der Waals surface area contributed by atoms with Crippen LogP contribution in [0.2, 0.25) is 0 Å². The number of nitro groups is 1. The summed E-state index contributed by atoms with van der Waals surface area (Å²) in [5, 5.41) is 10.3. The fourth-order valence-electron chi connectivity index (χ4n) is 0.657. The molecule has 3 nitrogen and oxygen atoms in total. The van der Waals surface area contributed by atoms with Crippen LogP contribution >= 0.6 is 38.5 Å². The molecule has 0 spiro atoms. The van der Waals surface area contributed by atoms with E-state index in [0.717, 1.165) is 12.1 Å². The molecule has 0 fully saturated rings. The molecule has 12 heavy (non-hydrogen) atoms. The predicted octanol–water partition coefficient (Wildman–Crippen LogP) is 3.10. The molecule has 0 amide bonds. The van der Waals surface area contributed by atoms with E-state index < -0.39 is 10.7 Å². The minimum Gasteiger partial charge on any atom is -0.258 e. The summed E-state index contributed by atoms with van der Waals surface area (Å²) in [4.78, 5) is 9.77. The molecule has 0 N–H and O–H groups in total. The SMILES string of the molecule is O=[N+]([O-])c1ccc(F)c(I)c1Br. The quantitative estimate of drug-likeness (QED) is 0.340. The highest BCUT2D eigenvalue weighted by Crippen LogP contribution is 2.30. The third-order valence-corrected chi connectivity index (χ3v) is 3.81. The van der Waals surface area contributed by atoms with E-state index in [0.29, 0.717) is 0 Å². The minimum atomic E-state index is -0.564. The van der Waals surface area contributed by atoms with Crippen molar-refractivity contribution in [3.8, 4) is 0 Å². The highest BCUT2D eigenvalue weighted by molar-refractivity contribution is 14.1. The highest BCUT2D eigenvalue weighted by Gasteiger charge is 2.16. The van der Waals surface area contributed by atoms with Crippen LogP contribution in [-0.4, -0.2) is 4.92 Å². The van der Waals surface area contributed by atoms with Crippen LogP contribution in [0.3, 0.4) is 0 Å². The molecule has 0 heterocycles. The smallest absolute Gasteiger partial charge is 0.258 e. The highest BCUT2D eigenvalue weighted by atomic mass is 127. The van der Waals surface area contributed by atoms with Crippen LogP contribution in [-0.2, 0) is 0 Å². The van der Waals surface area contributed by atoms with Crippen molar-refractivity contribution in [1.29, 1.82) is 0 Å². The Kier molecular flexibility index (Phi) is 2.99. The van der Waals surface area contributed by atoms with Gasteiger partial charge >= 0.3 is 0 Å². The number of hydrogen-bond donors (Lipinski definition) is 0. The summed E-state index contributed by atoms with van der Waals surface area (Å²) in [7, 11) is 0. The predicted molar refractivity (Wildman–Crippen MR) is 53.5 cm³/mol. The topological polar surface area (TPSA) is 43.1 Å². The van der Waals surface area contributed by atoms with Crippen LogP contribution in [0.5, 0.6) is 0 Å². The molecular weight excluding hydrogens is 344 g/mol. The molecule has 0 aromatic heterocycles. The van der Waals surface area contributed by atoms with E-state index in [4.69, 9.17) is 0 Å². The van der Waals surface area contributed by atoms with Gasteiger partial charge in [0.15, 0.2) is 0 Å². The summed E-state index contributed by atoms with van der Waals surface area (Å²) in [6, 6.07) is 2.20. The van der Waals surface area contributed by atoms with Crippen molar-refractivity contribution in [2.24, 2.45) is 0 Å². The van der Waals surface area contributed by atoms with Gasteiger partial charge in [-0.1, -0.05) is 0 Å². The number of nitrogens with zero attached hydrogens (tertiary/aromatic N) is 1. The van der Waals surface area contributed by atoms with Gasteiger partial charge in [-0.2, -0.15) is 0 Å². The summed E-state index contributed by atoms with van der Waals surface area (Å²) < 4.78 is 13.2. The molecule has 0 radical (unpaired) electrons. The largest absolute Gasteiger partial charge is 0.284 e. The zero-order valence-corrected chi connectivity index (χ0v) is 9.30. The Morgan fingerprint density at radius 1 is 1.58 bits per heavy atom. The Morgan fingerprint density at radius 2 is 2.17 bits per heavy atom. The second-order valence-corrected chi connectivity index (χ2v) is 3.82. The lowest BCUT2D eigenvalue weighted by Gasteiger charge is -1.98. The average molecular weight is 346 g/mol. The van der Waals surface area contributed by atoms with Gasteiger partial charge < -0.3 is 0 Å². The van der Waals surface area contributed by atoms with Gasteiger partial charge in [0.1, 0.15) is 10.3 Å². The molecule has 0 aliphatic heterocycles. The maximum atomic E-state index is 12.8. The van der Waals surface area contributed by atoms with Crippen molar-refractivity contribution < 1.29 is 9.31 Å². The maximum absolute atomic E-state index is 12.8. The first-order chi connectivity index (χ1) is 5.54. The monoisotopic (exact) mass is 345 g/mol. The number of benzene rings is 1. The van der Waals surface area contributed by atoms with Crippen LogP contribution < -0.4 is 0 Å². The Morgan fingerprint density at radius 3 is 2.67 bits per heavy atom. The summed E-state index contributed by atoms with van der Waals surface area (Å²) in [5.74, 6) is -0.465. The Hall–Kier alpha value is -0.240. The minimum absolute atomic E-state index is 0.124. The number of rotatable bonds is 1. The van der Waals surface area contributed by atoms with E-state index in [9.17, 15) is 14.5 Å². The van der Waals surface area contributed by atoms with E-state index in [-0.39, 0.29) is 13.7 Å². The van der Waals surface area contributed by atoms with Gasteiger partial charge in [0.2, 0.25) is 0 Å². The Labute approximate surface area is 89.4 Å². The van der Waals surface area contributed by atoms with Crippen LogP contribution in [0.25, 0.3) is 0 Å². The summed E-state index contributed by atoms with van der Waals surface area (Å²) in [5.41, 5.74) is -0.124. The van der Waals surface area contributed by atoms with Crippen molar-refractivity contribution >= 4 is 44.2 Å². The average Bonchev–Trinajstić information content (AvgIpc) is 2.00. The van der Waals surface area contributed by atoms with E-state index in [2.05, 4.69) is 15.9 Å². The van der Waals surface area contributed by atoms with Crippen molar-refractivity contribution in [1.82, 2.24) is 0 Å². The summed E-state index contributed by atoms with van der Waals surface area (Å²) in [6.07, 6.45) is 0. The Bertz CT molecular complexity index is 345. The first-order valence-electron chi connectivity index (χ1n) is 2.82. The molecule has 1 rings (SSSR count). The lowest BCUT2D eigenvalue weighted by Crippen LogP contribution is -1.92. The first kappa shape index (κ1) is 9.85. The molecule has 0 aliphatic carbocycles. The van der Waals surface area contributed by atoms with Crippen molar-refractivity contribution in [2.75, 3.05) is 0 Å². The number of nitro benzene ring substituents is 1. The molecule has 0 saturated heterocycles. The van der Waals surface area contributed by atoms with E-state index in [1.165, 1.54) is 0 Å². The van der Waals surface area contributed by atoms with Crippen molar-refractivity contribution in [3.63, 3.8) is 0 Å². The second kappa shape index (κ2) is 3.65. The lowest BCUT2D eigenvalue weighted by atomic mass is 10.3. The number of hydrogen-bond acceptors (Lipinski definition) is 2. The van der Waals surface area contributed by atoms with Gasteiger partial charge in [-0.25, -0.2) is 4.39 Å². The van der Waals surface area contributed by atoms with Gasteiger partial charge in [0.05, 0.1) is 8.49 Å². The molecule has 0 unspecified atom stereocenters. The van der Waals surface area contributed by atoms with E-state index in [1.807, 2.05) is 0 Å². The fraction of sp³-hybridized carbons (Fsp3) is 0. The zero-order valence-electron chi connectivity index (χ0n) is 5.55. The van der Waals surface area contributed by atoms with E-state index >= 15 is 0 Å². The third kappa shape index (κ3) is 1.74. The normalized spacial score (nSPS) is 9.92. The fourth-order valence-corrected chi connectivity index (χ4v) is 1.58. The van der Waals surface area contributed by atoms with Crippen LogP contribution in [0.4, 0.5) is 10.1 Å².